The smallest absolute Gasteiger partial charge is 0.320 e. The molecule has 0 radical (unpaired) electrons. The molecule has 0 aromatic heterocycles. The van der Waals surface area contributed by atoms with Crippen LogP contribution >= 0.6 is 0 Å². The molecule has 1 aliphatic carbocycles. The summed E-state index contributed by atoms with van der Waals surface area (Å²) in [5.41, 5.74) is 0. The van der Waals surface area contributed by atoms with Crippen LogP contribution in [0.5, 0.6) is 0 Å². The highest BCUT2D eigenvalue weighted by Crippen LogP contribution is 2.23. The maximum absolute atomic E-state index is 10.8. The van der Waals surface area contributed by atoms with Gasteiger partial charge in [0.2, 0.25) is 0 Å². The summed E-state index contributed by atoms with van der Waals surface area (Å²) >= 11 is 0. The zero-order valence-corrected chi connectivity index (χ0v) is 9.12. The van der Waals surface area contributed by atoms with Gasteiger partial charge in [0.15, 0.2) is 0 Å². The van der Waals surface area contributed by atoms with Crippen LogP contribution in [0.4, 0.5) is 0 Å². The van der Waals surface area contributed by atoms with E-state index in [1.54, 1.807) is 0 Å². The molecular weight excluding hydrogens is 178 g/mol. The van der Waals surface area contributed by atoms with Gasteiger partial charge in [-0.05, 0) is 38.0 Å². The Morgan fingerprint density at radius 2 is 2.00 bits per heavy atom. The van der Waals surface area contributed by atoms with Crippen LogP contribution in [0.1, 0.15) is 46.0 Å². The van der Waals surface area contributed by atoms with Crippen LogP contribution in [0.3, 0.4) is 0 Å². The third kappa shape index (κ3) is 3.29. The van der Waals surface area contributed by atoms with E-state index in [4.69, 9.17) is 5.11 Å². The summed E-state index contributed by atoms with van der Waals surface area (Å²) in [6.45, 7) is 4.18. The van der Waals surface area contributed by atoms with Gasteiger partial charge in [0, 0.05) is 6.04 Å². The molecule has 3 nitrogen and oxygen atoms in total. The van der Waals surface area contributed by atoms with E-state index in [2.05, 4.69) is 12.2 Å². The van der Waals surface area contributed by atoms with E-state index in [-0.39, 0.29) is 6.04 Å². The minimum atomic E-state index is -0.717. The summed E-state index contributed by atoms with van der Waals surface area (Å²) in [7, 11) is 0. The average Bonchev–Trinajstić information content (AvgIpc) is 2.16. The van der Waals surface area contributed by atoms with Crippen molar-refractivity contribution < 1.29 is 9.90 Å². The largest absolute Gasteiger partial charge is 0.480 e. The van der Waals surface area contributed by atoms with Crippen molar-refractivity contribution in [1.29, 1.82) is 0 Å². The predicted octanol–water partition coefficient (Wildman–Crippen LogP) is 2.02. The lowest BCUT2D eigenvalue weighted by Gasteiger charge is -2.29. The van der Waals surface area contributed by atoms with Gasteiger partial charge < -0.3 is 10.4 Å². The SMILES string of the molecule is CCC(NC1CCC(C)CC1)C(=O)O. The zero-order chi connectivity index (χ0) is 10.6. The Labute approximate surface area is 85.9 Å². The van der Waals surface area contributed by atoms with Crippen LogP contribution < -0.4 is 5.32 Å². The summed E-state index contributed by atoms with van der Waals surface area (Å²) in [5, 5.41) is 12.1. The Morgan fingerprint density at radius 1 is 1.43 bits per heavy atom. The maximum atomic E-state index is 10.8. The normalized spacial score (nSPS) is 29.9. The fourth-order valence-corrected chi connectivity index (χ4v) is 2.08. The van der Waals surface area contributed by atoms with Crippen molar-refractivity contribution in [3.63, 3.8) is 0 Å². The lowest BCUT2D eigenvalue weighted by atomic mass is 9.87. The van der Waals surface area contributed by atoms with Crippen LogP contribution in [0.15, 0.2) is 0 Å². The first kappa shape index (κ1) is 11.5. The van der Waals surface area contributed by atoms with Gasteiger partial charge in [0.25, 0.3) is 0 Å². The fraction of sp³-hybridized carbons (Fsp3) is 0.909. The van der Waals surface area contributed by atoms with Crippen LogP contribution in [-0.2, 0) is 4.79 Å². The zero-order valence-electron chi connectivity index (χ0n) is 9.12. The molecule has 0 saturated heterocycles. The molecule has 1 rings (SSSR count). The van der Waals surface area contributed by atoms with Gasteiger partial charge >= 0.3 is 5.97 Å². The lowest BCUT2D eigenvalue weighted by Crippen LogP contribution is -2.44. The van der Waals surface area contributed by atoms with Crippen molar-refractivity contribution in [1.82, 2.24) is 5.32 Å². The number of nitrogens with one attached hydrogen (secondary N) is 1. The van der Waals surface area contributed by atoms with Crippen molar-refractivity contribution >= 4 is 5.97 Å². The molecule has 0 heterocycles. The predicted molar refractivity (Wildman–Crippen MR) is 56.3 cm³/mol. The molecule has 1 unspecified atom stereocenters. The first-order valence-corrected chi connectivity index (χ1v) is 5.62. The van der Waals surface area contributed by atoms with Gasteiger partial charge in [-0.1, -0.05) is 13.8 Å². The summed E-state index contributed by atoms with van der Waals surface area (Å²) in [5.74, 6) is 0.101. The molecule has 2 N–H and O–H groups in total. The second-order valence-corrected chi connectivity index (χ2v) is 4.42. The van der Waals surface area contributed by atoms with Crippen LogP contribution in [0.2, 0.25) is 0 Å². The van der Waals surface area contributed by atoms with Crippen molar-refractivity contribution in [3.05, 3.63) is 0 Å². The molecule has 0 amide bonds. The van der Waals surface area contributed by atoms with E-state index in [9.17, 15) is 4.79 Å². The van der Waals surface area contributed by atoms with Crippen molar-refractivity contribution in [2.24, 2.45) is 5.92 Å². The third-order valence-electron chi connectivity index (χ3n) is 3.16. The number of rotatable bonds is 4. The van der Waals surface area contributed by atoms with Gasteiger partial charge in [0.05, 0.1) is 0 Å². The van der Waals surface area contributed by atoms with E-state index < -0.39 is 5.97 Å². The third-order valence-corrected chi connectivity index (χ3v) is 3.16. The van der Waals surface area contributed by atoms with Gasteiger partial charge in [-0.3, -0.25) is 4.79 Å². The molecule has 14 heavy (non-hydrogen) atoms. The molecule has 0 aliphatic heterocycles. The summed E-state index contributed by atoms with van der Waals surface area (Å²) in [6.07, 6.45) is 5.39. The molecule has 1 fully saturated rings. The average molecular weight is 199 g/mol. The van der Waals surface area contributed by atoms with E-state index >= 15 is 0 Å². The highest BCUT2D eigenvalue weighted by molar-refractivity contribution is 5.73. The number of carbonyl (C=O) groups is 1. The monoisotopic (exact) mass is 199 g/mol. The Kier molecular flexibility index (Phi) is 4.39. The van der Waals surface area contributed by atoms with Gasteiger partial charge in [0.1, 0.15) is 6.04 Å². The van der Waals surface area contributed by atoms with Crippen LogP contribution in [-0.4, -0.2) is 23.2 Å². The standard InChI is InChI=1S/C11H21NO2/c1-3-10(11(13)14)12-9-6-4-8(2)5-7-9/h8-10,12H,3-7H2,1-2H3,(H,13,14). The highest BCUT2D eigenvalue weighted by Gasteiger charge is 2.23. The molecule has 1 saturated carbocycles. The summed E-state index contributed by atoms with van der Waals surface area (Å²) < 4.78 is 0. The Bertz CT molecular complexity index is 186. The van der Waals surface area contributed by atoms with Crippen LogP contribution in [0.25, 0.3) is 0 Å². The molecule has 0 aromatic carbocycles. The molecule has 0 aromatic rings. The van der Waals surface area contributed by atoms with E-state index in [1.165, 1.54) is 12.8 Å². The molecule has 1 atom stereocenters. The van der Waals surface area contributed by atoms with Crippen LogP contribution in [0, 0.1) is 5.92 Å². The molecule has 0 spiro atoms. The number of carboxylic acid groups (broad SMARTS) is 1. The second kappa shape index (κ2) is 5.35. The van der Waals surface area contributed by atoms with Crippen molar-refractivity contribution in [2.45, 2.75) is 58.0 Å². The number of carboxylic acids is 1. The Morgan fingerprint density at radius 3 is 2.43 bits per heavy atom. The molecule has 82 valence electrons. The molecular formula is C11H21NO2. The maximum Gasteiger partial charge on any atom is 0.320 e. The van der Waals surface area contributed by atoms with E-state index in [0.29, 0.717) is 12.5 Å². The van der Waals surface area contributed by atoms with E-state index in [0.717, 1.165) is 18.8 Å². The highest BCUT2D eigenvalue weighted by atomic mass is 16.4. The van der Waals surface area contributed by atoms with Gasteiger partial charge in [-0.15, -0.1) is 0 Å². The molecule has 0 bridgehead atoms. The quantitative estimate of drug-likeness (QED) is 0.728. The molecule has 3 heteroatoms. The second-order valence-electron chi connectivity index (χ2n) is 4.42. The van der Waals surface area contributed by atoms with Gasteiger partial charge in [-0.2, -0.15) is 0 Å². The summed E-state index contributed by atoms with van der Waals surface area (Å²) in [4.78, 5) is 10.8. The molecule has 1 aliphatic rings. The number of hydrogen-bond donors (Lipinski definition) is 2. The minimum Gasteiger partial charge on any atom is -0.480 e. The van der Waals surface area contributed by atoms with Gasteiger partial charge in [-0.25, -0.2) is 0 Å². The van der Waals surface area contributed by atoms with E-state index in [1.807, 2.05) is 6.92 Å². The van der Waals surface area contributed by atoms with Crippen molar-refractivity contribution in [2.75, 3.05) is 0 Å². The Hall–Kier alpha value is -0.570. The first-order valence-electron chi connectivity index (χ1n) is 5.62. The lowest BCUT2D eigenvalue weighted by molar-refractivity contribution is -0.139. The minimum absolute atomic E-state index is 0.353. The fourth-order valence-electron chi connectivity index (χ4n) is 2.08. The Balaban J connectivity index is 2.32. The summed E-state index contributed by atoms with van der Waals surface area (Å²) in [6, 6.07) is 0.0701. The number of hydrogen-bond acceptors (Lipinski definition) is 2. The van der Waals surface area contributed by atoms with Crippen molar-refractivity contribution in [3.8, 4) is 0 Å². The first-order chi connectivity index (χ1) is 6.63. The topological polar surface area (TPSA) is 49.3 Å². The number of aliphatic carboxylic acids is 1.